The van der Waals surface area contributed by atoms with Crippen molar-refractivity contribution < 1.29 is 19.1 Å². The average Bonchev–Trinajstić information content (AvgIpc) is 3.26. The van der Waals surface area contributed by atoms with E-state index in [1.165, 1.54) is 17.6 Å². The Labute approximate surface area is 180 Å². The van der Waals surface area contributed by atoms with Gasteiger partial charge in [0.2, 0.25) is 0 Å². The smallest absolute Gasteiger partial charge is 0.353 e. The summed E-state index contributed by atoms with van der Waals surface area (Å²) in [6, 6.07) is 17.5. The molecular formula is C21H17BrN2O4S. The quantitative estimate of drug-likeness (QED) is 0.235. The number of benzene rings is 2. The highest BCUT2D eigenvalue weighted by Gasteiger charge is 2.13. The van der Waals surface area contributed by atoms with Crippen LogP contribution in [0.15, 0.2) is 75.6 Å². The summed E-state index contributed by atoms with van der Waals surface area (Å²) in [5, 5.41) is 5.75. The van der Waals surface area contributed by atoms with Gasteiger partial charge in [0.1, 0.15) is 16.4 Å². The molecule has 0 aliphatic carbocycles. The largest absolute Gasteiger partial charge is 0.481 e. The van der Waals surface area contributed by atoms with Crippen molar-refractivity contribution in [2.24, 2.45) is 5.10 Å². The summed E-state index contributed by atoms with van der Waals surface area (Å²) in [5.41, 5.74) is 3.18. The first-order valence-electron chi connectivity index (χ1n) is 8.62. The maximum absolute atomic E-state index is 12.1. The molecule has 0 unspecified atom stereocenters. The number of nitrogens with one attached hydrogen (secondary N) is 1. The topological polar surface area (TPSA) is 77.0 Å². The molecule has 148 valence electrons. The van der Waals surface area contributed by atoms with E-state index in [9.17, 15) is 9.59 Å². The van der Waals surface area contributed by atoms with Crippen LogP contribution in [0.3, 0.4) is 0 Å². The monoisotopic (exact) mass is 472 g/mol. The van der Waals surface area contributed by atoms with E-state index in [4.69, 9.17) is 9.47 Å². The standard InChI is InChI=1S/C21H17BrN2O4S/c1-14(27-17-10-6-16(22)7-11-17)20(25)24-23-13-15-4-8-18(9-5-15)28-21(26)19-3-2-12-29-19/h2-14H,1H3,(H,24,25)/b23-13-/t14-/m1/s1. The summed E-state index contributed by atoms with van der Waals surface area (Å²) in [6.45, 7) is 1.64. The number of amides is 1. The molecule has 1 atom stereocenters. The summed E-state index contributed by atoms with van der Waals surface area (Å²) < 4.78 is 11.8. The fourth-order valence-corrected chi connectivity index (χ4v) is 3.07. The first kappa shape index (κ1) is 20.8. The molecule has 1 aromatic heterocycles. The molecule has 8 heteroatoms. The third-order valence-electron chi connectivity index (χ3n) is 3.70. The van der Waals surface area contributed by atoms with E-state index in [2.05, 4.69) is 26.5 Å². The maximum atomic E-state index is 12.1. The molecular weight excluding hydrogens is 456 g/mol. The van der Waals surface area contributed by atoms with Crippen LogP contribution in [0.4, 0.5) is 0 Å². The number of carbonyl (C=O) groups excluding carboxylic acids is 2. The highest BCUT2D eigenvalue weighted by atomic mass is 79.9. The number of halogens is 1. The number of thiophene rings is 1. The third kappa shape index (κ3) is 6.27. The van der Waals surface area contributed by atoms with Crippen LogP contribution in [-0.2, 0) is 4.79 Å². The lowest BCUT2D eigenvalue weighted by Gasteiger charge is -2.12. The van der Waals surface area contributed by atoms with Crippen LogP contribution in [0.2, 0.25) is 0 Å². The van der Waals surface area contributed by atoms with E-state index in [1.807, 2.05) is 17.5 Å². The zero-order valence-electron chi connectivity index (χ0n) is 15.4. The lowest BCUT2D eigenvalue weighted by Crippen LogP contribution is -2.33. The van der Waals surface area contributed by atoms with Crippen LogP contribution < -0.4 is 14.9 Å². The summed E-state index contributed by atoms with van der Waals surface area (Å²) in [6.07, 6.45) is 0.794. The molecule has 0 saturated carbocycles. The first-order valence-corrected chi connectivity index (χ1v) is 10.3. The number of carbonyl (C=O) groups is 2. The Morgan fingerprint density at radius 2 is 1.76 bits per heavy atom. The van der Waals surface area contributed by atoms with Crippen molar-refractivity contribution in [3.05, 3.63) is 81.0 Å². The Morgan fingerprint density at radius 1 is 1.07 bits per heavy atom. The molecule has 3 aromatic rings. The van der Waals surface area contributed by atoms with Crippen molar-refractivity contribution in [2.45, 2.75) is 13.0 Å². The number of rotatable bonds is 7. The summed E-state index contributed by atoms with van der Waals surface area (Å²) >= 11 is 4.67. The SMILES string of the molecule is C[C@@H](Oc1ccc(Br)cc1)C(=O)N/N=C\c1ccc(OC(=O)c2cccs2)cc1. The van der Waals surface area contributed by atoms with E-state index in [0.29, 0.717) is 16.4 Å². The number of ether oxygens (including phenoxy) is 2. The van der Waals surface area contributed by atoms with Crippen molar-refractivity contribution in [3.63, 3.8) is 0 Å². The van der Waals surface area contributed by atoms with Gasteiger partial charge in [-0.25, -0.2) is 10.2 Å². The van der Waals surface area contributed by atoms with Gasteiger partial charge in [0.05, 0.1) is 6.21 Å². The number of hydrogen-bond acceptors (Lipinski definition) is 6. The van der Waals surface area contributed by atoms with Gasteiger partial charge in [-0.05, 0) is 72.5 Å². The Morgan fingerprint density at radius 3 is 2.41 bits per heavy atom. The van der Waals surface area contributed by atoms with Crippen molar-refractivity contribution in [1.82, 2.24) is 5.43 Å². The van der Waals surface area contributed by atoms with Crippen molar-refractivity contribution >= 4 is 45.4 Å². The molecule has 0 aliphatic heterocycles. The molecule has 1 N–H and O–H groups in total. The Balaban J connectivity index is 1.48. The van der Waals surface area contributed by atoms with Crippen molar-refractivity contribution in [3.8, 4) is 11.5 Å². The molecule has 0 bridgehead atoms. The van der Waals surface area contributed by atoms with E-state index in [0.717, 1.165) is 10.0 Å². The van der Waals surface area contributed by atoms with Crippen LogP contribution >= 0.6 is 27.3 Å². The van der Waals surface area contributed by atoms with Gasteiger partial charge >= 0.3 is 5.97 Å². The highest BCUT2D eigenvalue weighted by molar-refractivity contribution is 9.10. The van der Waals surface area contributed by atoms with Gasteiger partial charge in [0.15, 0.2) is 6.10 Å². The molecule has 0 spiro atoms. The molecule has 0 radical (unpaired) electrons. The predicted molar refractivity (Wildman–Crippen MR) is 116 cm³/mol. The van der Waals surface area contributed by atoms with E-state index < -0.39 is 12.1 Å². The van der Waals surface area contributed by atoms with E-state index in [-0.39, 0.29) is 5.91 Å². The number of hydrazone groups is 1. The van der Waals surface area contributed by atoms with Gasteiger partial charge in [0, 0.05) is 4.47 Å². The van der Waals surface area contributed by atoms with Crippen LogP contribution in [0.25, 0.3) is 0 Å². The van der Waals surface area contributed by atoms with Crippen LogP contribution in [0.1, 0.15) is 22.2 Å². The fraction of sp³-hybridized carbons (Fsp3) is 0.0952. The second kappa shape index (κ2) is 9.99. The first-order chi connectivity index (χ1) is 14.0. The number of esters is 1. The predicted octanol–water partition coefficient (Wildman–Crippen LogP) is 4.65. The normalized spacial score (nSPS) is 11.8. The number of hydrogen-bond donors (Lipinski definition) is 1. The van der Waals surface area contributed by atoms with Gasteiger partial charge in [-0.1, -0.05) is 22.0 Å². The van der Waals surface area contributed by atoms with Gasteiger partial charge in [-0.15, -0.1) is 11.3 Å². The average molecular weight is 473 g/mol. The van der Waals surface area contributed by atoms with Crippen molar-refractivity contribution in [2.75, 3.05) is 0 Å². The highest BCUT2D eigenvalue weighted by Crippen LogP contribution is 2.18. The van der Waals surface area contributed by atoms with Crippen LogP contribution in [-0.4, -0.2) is 24.2 Å². The molecule has 2 aromatic carbocycles. The van der Waals surface area contributed by atoms with Gasteiger partial charge < -0.3 is 9.47 Å². The second-order valence-electron chi connectivity index (χ2n) is 5.88. The Kier molecular flexibility index (Phi) is 7.15. The second-order valence-corrected chi connectivity index (χ2v) is 7.75. The van der Waals surface area contributed by atoms with Crippen LogP contribution in [0.5, 0.6) is 11.5 Å². The Hall–Kier alpha value is -2.97. The molecule has 1 amide bonds. The maximum Gasteiger partial charge on any atom is 0.353 e. The summed E-state index contributed by atoms with van der Waals surface area (Å²) in [7, 11) is 0. The zero-order chi connectivity index (χ0) is 20.6. The summed E-state index contributed by atoms with van der Waals surface area (Å²) in [4.78, 5) is 24.5. The van der Waals surface area contributed by atoms with Gasteiger partial charge in [-0.2, -0.15) is 5.10 Å². The van der Waals surface area contributed by atoms with E-state index >= 15 is 0 Å². The minimum absolute atomic E-state index is 0.370. The summed E-state index contributed by atoms with van der Waals surface area (Å²) in [5.74, 6) is 0.257. The van der Waals surface area contributed by atoms with Crippen LogP contribution in [0, 0.1) is 0 Å². The molecule has 3 rings (SSSR count). The molecule has 0 saturated heterocycles. The van der Waals surface area contributed by atoms with Crippen molar-refractivity contribution in [1.29, 1.82) is 0 Å². The molecule has 29 heavy (non-hydrogen) atoms. The lowest BCUT2D eigenvalue weighted by molar-refractivity contribution is -0.127. The lowest BCUT2D eigenvalue weighted by atomic mass is 10.2. The van der Waals surface area contributed by atoms with Gasteiger partial charge in [0.25, 0.3) is 5.91 Å². The molecule has 0 aliphatic rings. The molecule has 1 heterocycles. The number of nitrogens with zero attached hydrogens (tertiary/aromatic N) is 1. The molecule has 0 fully saturated rings. The van der Waals surface area contributed by atoms with E-state index in [1.54, 1.807) is 55.5 Å². The fourth-order valence-electron chi connectivity index (χ4n) is 2.21. The minimum atomic E-state index is -0.702. The zero-order valence-corrected chi connectivity index (χ0v) is 17.8. The molecule has 6 nitrogen and oxygen atoms in total. The Bertz CT molecular complexity index is 987. The minimum Gasteiger partial charge on any atom is -0.481 e. The van der Waals surface area contributed by atoms with Gasteiger partial charge in [-0.3, -0.25) is 4.79 Å². The third-order valence-corrected chi connectivity index (χ3v) is 5.08.